The first kappa shape index (κ1) is 27.7. The number of carbonyl (C=O) groups excluding carboxylic acids is 2. The fraction of sp³-hybridized carbons (Fsp3) is 0.133. The molecule has 2 N–H and O–H groups in total. The molecule has 41 heavy (non-hydrogen) atoms. The summed E-state index contributed by atoms with van der Waals surface area (Å²) in [7, 11) is 0. The summed E-state index contributed by atoms with van der Waals surface area (Å²) in [6, 6.07) is 20.4. The number of anilines is 1. The third-order valence-electron chi connectivity index (χ3n) is 5.97. The first-order valence-corrected chi connectivity index (χ1v) is 13.7. The number of nitrogens with zero attached hydrogens (tertiary/aromatic N) is 2. The summed E-state index contributed by atoms with van der Waals surface area (Å²) in [5.74, 6) is 0.0984. The van der Waals surface area contributed by atoms with Gasteiger partial charge in [0.1, 0.15) is 17.3 Å². The van der Waals surface area contributed by atoms with Crippen LogP contribution in [0.3, 0.4) is 0 Å². The zero-order chi connectivity index (χ0) is 28.8. The minimum atomic E-state index is -0.454. The number of amides is 2. The van der Waals surface area contributed by atoms with Crippen LogP contribution in [0.1, 0.15) is 23.0 Å². The van der Waals surface area contributed by atoms with Gasteiger partial charge in [-0.2, -0.15) is 0 Å². The van der Waals surface area contributed by atoms with Crippen LogP contribution in [-0.4, -0.2) is 33.7 Å². The first-order chi connectivity index (χ1) is 19.9. The zero-order valence-electron chi connectivity index (χ0n) is 21.9. The molecule has 0 bridgehead atoms. The van der Waals surface area contributed by atoms with Crippen molar-refractivity contribution in [1.82, 2.24) is 14.9 Å². The number of carbonyl (C=O) groups is 2. The van der Waals surface area contributed by atoms with Crippen LogP contribution in [-0.2, 0) is 11.3 Å². The molecule has 2 heterocycles. The Morgan fingerprint density at radius 3 is 2.54 bits per heavy atom. The molecule has 0 aliphatic heterocycles. The van der Waals surface area contributed by atoms with E-state index in [2.05, 4.69) is 15.6 Å². The Kier molecular flexibility index (Phi) is 8.44. The Morgan fingerprint density at radius 1 is 1.05 bits per heavy atom. The summed E-state index contributed by atoms with van der Waals surface area (Å²) in [4.78, 5) is 43.8. The van der Waals surface area contributed by atoms with Gasteiger partial charge < -0.3 is 19.8 Å². The Morgan fingerprint density at radius 2 is 1.83 bits per heavy atom. The Labute approximate surface area is 238 Å². The highest BCUT2D eigenvalue weighted by Crippen LogP contribution is 2.23. The standard InChI is InChI=1S/C30H25FN4O5S/c1-2-39-23-12-8-21(9-13-23)33-27(36)18-41-30-34-26-16-19(28(37)32-17-24-4-3-15-40-24)5-14-25(26)29(38)35(30)22-10-6-20(31)7-11-22/h3-16H,2,17-18H2,1H3,(H,32,37)(H,33,36). The Balaban J connectivity index is 1.42. The topological polar surface area (TPSA) is 115 Å². The van der Waals surface area contributed by atoms with Gasteiger partial charge in [0.25, 0.3) is 11.5 Å². The molecule has 0 radical (unpaired) electrons. The van der Waals surface area contributed by atoms with E-state index in [1.807, 2.05) is 6.92 Å². The van der Waals surface area contributed by atoms with Gasteiger partial charge in [-0.15, -0.1) is 0 Å². The van der Waals surface area contributed by atoms with Crippen LogP contribution in [0.2, 0.25) is 0 Å². The average molecular weight is 573 g/mol. The van der Waals surface area contributed by atoms with Crippen molar-refractivity contribution in [2.45, 2.75) is 18.6 Å². The van der Waals surface area contributed by atoms with E-state index in [1.165, 1.54) is 53.3 Å². The number of nitrogens with one attached hydrogen (secondary N) is 2. The van der Waals surface area contributed by atoms with E-state index in [4.69, 9.17) is 9.15 Å². The maximum Gasteiger partial charge on any atom is 0.266 e. The number of thioether (sulfide) groups is 1. The lowest BCUT2D eigenvalue weighted by Crippen LogP contribution is -2.24. The molecule has 5 rings (SSSR count). The number of benzene rings is 3. The number of aromatic nitrogens is 2. The highest BCUT2D eigenvalue weighted by molar-refractivity contribution is 7.99. The number of ether oxygens (including phenoxy) is 1. The van der Waals surface area contributed by atoms with E-state index in [1.54, 1.807) is 36.4 Å². The maximum absolute atomic E-state index is 13.6. The summed E-state index contributed by atoms with van der Waals surface area (Å²) in [5.41, 5.74) is 1.15. The van der Waals surface area contributed by atoms with Crippen LogP contribution < -0.4 is 20.9 Å². The molecular weight excluding hydrogens is 547 g/mol. The van der Waals surface area contributed by atoms with Crippen molar-refractivity contribution in [2.75, 3.05) is 17.7 Å². The number of fused-ring (bicyclic) bond motifs is 1. The molecule has 0 saturated carbocycles. The summed E-state index contributed by atoms with van der Waals surface area (Å²) < 4.78 is 25.6. The van der Waals surface area contributed by atoms with Gasteiger partial charge in [0.15, 0.2) is 5.16 Å². The third-order valence-corrected chi connectivity index (χ3v) is 6.91. The fourth-order valence-electron chi connectivity index (χ4n) is 4.03. The molecule has 2 amide bonds. The lowest BCUT2D eigenvalue weighted by molar-refractivity contribution is -0.113. The average Bonchev–Trinajstić information content (AvgIpc) is 3.50. The highest BCUT2D eigenvalue weighted by atomic mass is 32.2. The van der Waals surface area contributed by atoms with Gasteiger partial charge in [-0.05, 0) is 85.8 Å². The van der Waals surface area contributed by atoms with Crippen LogP contribution >= 0.6 is 11.8 Å². The summed E-state index contributed by atoms with van der Waals surface area (Å²) >= 11 is 1.04. The largest absolute Gasteiger partial charge is 0.494 e. The van der Waals surface area contributed by atoms with Crippen molar-refractivity contribution >= 4 is 40.2 Å². The highest BCUT2D eigenvalue weighted by Gasteiger charge is 2.17. The predicted octanol–water partition coefficient (Wildman–Crippen LogP) is 5.18. The normalized spacial score (nSPS) is 10.9. The van der Waals surface area contributed by atoms with E-state index in [0.29, 0.717) is 35.1 Å². The molecule has 0 saturated heterocycles. The van der Waals surface area contributed by atoms with Gasteiger partial charge in [-0.25, -0.2) is 9.37 Å². The van der Waals surface area contributed by atoms with Crippen LogP contribution in [0.4, 0.5) is 10.1 Å². The van der Waals surface area contributed by atoms with Crippen molar-refractivity contribution in [3.63, 3.8) is 0 Å². The molecule has 208 valence electrons. The second-order valence-electron chi connectivity index (χ2n) is 8.80. The van der Waals surface area contributed by atoms with E-state index in [0.717, 1.165) is 11.8 Å². The minimum absolute atomic E-state index is 0.0598. The number of rotatable bonds is 10. The van der Waals surface area contributed by atoms with Gasteiger partial charge in [0.2, 0.25) is 5.91 Å². The van der Waals surface area contributed by atoms with E-state index in [-0.39, 0.29) is 40.2 Å². The van der Waals surface area contributed by atoms with E-state index >= 15 is 0 Å². The Bertz CT molecular complexity index is 1740. The van der Waals surface area contributed by atoms with Crippen LogP contribution in [0, 0.1) is 5.82 Å². The number of hydrogen-bond acceptors (Lipinski definition) is 7. The van der Waals surface area contributed by atoms with Gasteiger partial charge in [0.05, 0.1) is 41.8 Å². The zero-order valence-corrected chi connectivity index (χ0v) is 22.7. The van der Waals surface area contributed by atoms with Crippen LogP contribution in [0.15, 0.2) is 99.5 Å². The predicted molar refractivity (Wildman–Crippen MR) is 154 cm³/mol. The SMILES string of the molecule is CCOc1ccc(NC(=O)CSc2nc3cc(C(=O)NCc4ccco4)ccc3c(=O)n2-c2ccc(F)cc2)cc1. The first-order valence-electron chi connectivity index (χ1n) is 12.7. The molecular formula is C30H25FN4O5S. The lowest BCUT2D eigenvalue weighted by atomic mass is 10.1. The quantitative estimate of drug-likeness (QED) is 0.175. The lowest BCUT2D eigenvalue weighted by Gasteiger charge is -2.14. The maximum atomic E-state index is 13.6. The fourth-order valence-corrected chi connectivity index (χ4v) is 4.84. The Hall–Kier alpha value is -4.90. The van der Waals surface area contributed by atoms with Gasteiger partial charge in [-0.1, -0.05) is 11.8 Å². The molecule has 5 aromatic rings. The summed E-state index contributed by atoms with van der Waals surface area (Å²) in [5, 5.41) is 6.05. The monoisotopic (exact) mass is 572 g/mol. The van der Waals surface area contributed by atoms with Crippen LogP contribution in [0.5, 0.6) is 5.75 Å². The van der Waals surface area contributed by atoms with Crippen molar-refractivity contribution < 1.29 is 23.1 Å². The van der Waals surface area contributed by atoms with Crippen molar-refractivity contribution in [2.24, 2.45) is 0 Å². The molecule has 0 unspecified atom stereocenters. The number of hydrogen-bond donors (Lipinski definition) is 2. The number of furan rings is 1. The van der Waals surface area contributed by atoms with Crippen molar-refractivity contribution in [1.29, 1.82) is 0 Å². The van der Waals surface area contributed by atoms with E-state index < -0.39 is 11.4 Å². The molecule has 0 spiro atoms. The third kappa shape index (κ3) is 6.64. The van der Waals surface area contributed by atoms with Gasteiger partial charge >= 0.3 is 0 Å². The summed E-state index contributed by atoms with van der Waals surface area (Å²) in [6.45, 7) is 2.62. The second-order valence-corrected chi connectivity index (χ2v) is 9.74. The van der Waals surface area contributed by atoms with Crippen molar-refractivity contribution in [3.8, 4) is 11.4 Å². The molecule has 0 aliphatic carbocycles. The van der Waals surface area contributed by atoms with Crippen molar-refractivity contribution in [3.05, 3.63) is 113 Å². The van der Waals surface area contributed by atoms with Gasteiger partial charge in [-0.3, -0.25) is 19.0 Å². The number of halogens is 1. The summed E-state index contributed by atoms with van der Waals surface area (Å²) in [6.07, 6.45) is 1.52. The molecule has 9 nitrogen and oxygen atoms in total. The smallest absolute Gasteiger partial charge is 0.266 e. The molecule has 0 atom stereocenters. The molecule has 11 heteroatoms. The molecule has 3 aromatic carbocycles. The molecule has 2 aromatic heterocycles. The van der Waals surface area contributed by atoms with E-state index in [9.17, 15) is 18.8 Å². The second kappa shape index (κ2) is 12.5. The molecule has 0 aliphatic rings. The minimum Gasteiger partial charge on any atom is -0.494 e. The van der Waals surface area contributed by atoms with Crippen LogP contribution in [0.25, 0.3) is 16.6 Å². The molecule has 0 fully saturated rings. The van der Waals surface area contributed by atoms with Gasteiger partial charge in [0, 0.05) is 11.3 Å².